The number of nitrogens with two attached hydrogens (primary N) is 1. The van der Waals surface area contributed by atoms with Crippen LogP contribution in [0.5, 0.6) is 0 Å². The maximum absolute atomic E-state index is 12.5. The van der Waals surface area contributed by atoms with Crippen molar-refractivity contribution < 1.29 is 14.3 Å². The number of methoxy groups -OCH3 is 1. The molecule has 3 N–H and O–H groups in total. The highest BCUT2D eigenvalue weighted by Gasteiger charge is 2.25. The van der Waals surface area contributed by atoms with E-state index >= 15 is 0 Å². The fourth-order valence-electron chi connectivity index (χ4n) is 2.44. The van der Waals surface area contributed by atoms with Crippen molar-refractivity contribution in [3.05, 3.63) is 71.3 Å². The second-order valence-electron chi connectivity index (χ2n) is 5.50. The topological polar surface area (TPSA) is 105 Å². The molecule has 6 heteroatoms. The Morgan fingerprint density at radius 3 is 2.32 bits per heavy atom. The van der Waals surface area contributed by atoms with Crippen molar-refractivity contribution in [3.63, 3.8) is 0 Å². The van der Waals surface area contributed by atoms with E-state index in [2.05, 4.69) is 5.32 Å². The summed E-state index contributed by atoms with van der Waals surface area (Å²) in [6.45, 7) is 0. The van der Waals surface area contributed by atoms with Crippen LogP contribution < -0.4 is 11.1 Å². The molecular formula is C19H19N3O3. The summed E-state index contributed by atoms with van der Waals surface area (Å²) in [7, 11) is 1.43. The van der Waals surface area contributed by atoms with E-state index in [0.29, 0.717) is 11.1 Å². The van der Waals surface area contributed by atoms with Gasteiger partial charge in [-0.2, -0.15) is 5.26 Å². The molecule has 2 atom stereocenters. The fraction of sp³-hybridized carbons (Fsp3) is 0.211. The Morgan fingerprint density at radius 1 is 1.16 bits per heavy atom. The average Bonchev–Trinajstić information content (AvgIpc) is 2.63. The second-order valence-corrected chi connectivity index (χ2v) is 5.50. The van der Waals surface area contributed by atoms with Crippen LogP contribution in [0, 0.1) is 11.3 Å². The first kappa shape index (κ1) is 18.2. The van der Waals surface area contributed by atoms with Crippen molar-refractivity contribution in [1.82, 2.24) is 5.32 Å². The Morgan fingerprint density at radius 2 is 1.80 bits per heavy atom. The van der Waals surface area contributed by atoms with E-state index in [1.54, 1.807) is 48.5 Å². The molecule has 0 aromatic heterocycles. The predicted octanol–water partition coefficient (Wildman–Crippen LogP) is 1.46. The van der Waals surface area contributed by atoms with Gasteiger partial charge in [-0.25, -0.2) is 0 Å². The molecule has 0 unspecified atom stereocenters. The van der Waals surface area contributed by atoms with Gasteiger partial charge in [0.25, 0.3) is 5.91 Å². The van der Waals surface area contributed by atoms with Gasteiger partial charge >= 0.3 is 0 Å². The molecule has 0 heterocycles. The molecule has 6 nitrogen and oxygen atoms in total. The molecule has 2 aromatic rings. The van der Waals surface area contributed by atoms with Gasteiger partial charge in [-0.1, -0.05) is 42.5 Å². The molecule has 0 radical (unpaired) electrons. The molecule has 0 fully saturated rings. The first-order valence-corrected chi connectivity index (χ1v) is 7.71. The van der Waals surface area contributed by atoms with Gasteiger partial charge in [-0.3, -0.25) is 9.59 Å². The molecule has 0 saturated carbocycles. The van der Waals surface area contributed by atoms with Crippen molar-refractivity contribution in [2.24, 2.45) is 5.73 Å². The van der Waals surface area contributed by atoms with E-state index in [-0.39, 0.29) is 6.42 Å². The smallest absolute Gasteiger partial charge is 0.254 e. The number of ether oxygens (including phenoxy) is 1. The zero-order valence-corrected chi connectivity index (χ0v) is 13.8. The Hall–Kier alpha value is -3.17. The van der Waals surface area contributed by atoms with Gasteiger partial charge < -0.3 is 15.8 Å². The quantitative estimate of drug-likeness (QED) is 0.798. The molecule has 128 valence electrons. The molecule has 2 amide bonds. The lowest BCUT2D eigenvalue weighted by Gasteiger charge is -2.20. The maximum Gasteiger partial charge on any atom is 0.254 e. The minimum atomic E-state index is -0.873. The average molecular weight is 337 g/mol. The number of carbonyl (C=O) groups is 2. The van der Waals surface area contributed by atoms with Crippen LogP contribution in [0.4, 0.5) is 0 Å². The fourth-order valence-corrected chi connectivity index (χ4v) is 2.44. The second kappa shape index (κ2) is 8.62. The Bertz CT molecular complexity index is 767. The molecule has 0 saturated heterocycles. The highest BCUT2D eigenvalue weighted by atomic mass is 16.5. The minimum absolute atomic E-state index is 0.234. The van der Waals surface area contributed by atoms with Crippen LogP contribution in [0.15, 0.2) is 54.6 Å². The summed E-state index contributed by atoms with van der Waals surface area (Å²) < 4.78 is 5.26. The summed E-state index contributed by atoms with van der Waals surface area (Å²) in [5.74, 6) is -1.08. The molecule has 0 bridgehead atoms. The lowest BCUT2D eigenvalue weighted by atomic mass is 10.0. The van der Waals surface area contributed by atoms with Crippen molar-refractivity contribution in [1.29, 1.82) is 5.26 Å². The monoisotopic (exact) mass is 337 g/mol. The van der Waals surface area contributed by atoms with E-state index in [1.807, 2.05) is 12.1 Å². The number of hydrogen-bond acceptors (Lipinski definition) is 4. The number of nitrogens with zero attached hydrogens (tertiary/aromatic N) is 1. The third kappa shape index (κ3) is 4.90. The van der Waals surface area contributed by atoms with Crippen LogP contribution in [0.1, 0.15) is 22.8 Å². The van der Waals surface area contributed by atoms with E-state index in [1.165, 1.54) is 7.11 Å². The van der Waals surface area contributed by atoms with Crippen LogP contribution in [0.25, 0.3) is 0 Å². The zero-order chi connectivity index (χ0) is 18.2. The van der Waals surface area contributed by atoms with E-state index in [0.717, 1.165) is 5.56 Å². The Balaban J connectivity index is 2.10. The number of rotatable bonds is 7. The molecule has 2 rings (SSSR count). The van der Waals surface area contributed by atoms with Gasteiger partial charge in [0.1, 0.15) is 6.04 Å². The number of hydrogen-bond donors (Lipinski definition) is 2. The number of nitriles is 1. The molecule has 0 aliphatic rings. The maximum atomic E-state index is 12.5. The summed E-state index contributed by atoms with van der Waals surface area (Å²) in [6, 6.07) is 16.9. The number of carbonyl (C=O) groups excluding carboxylic acids is 2. The van der Waals surface area contributed by atoms with Crippen molar-refractivity contribution in [3.8, 4) is 6.07 Å². The van der Waals surface area contributed by atoms with Gasteiger partial charge in [-0.15, -0.1) is 0 Å². The normalized spacial score (nSPS) is 12.6. The van der Waals surface area contributed by atoms with Crippen LogP contribution in [-0.2, 0) is 20.7 Å². The minimum Gasteiger partial charge on any atom is -0.368 e. The molecule has 0 aliphatic heterocycles. The summed E-state index contributed by atoms with van der Waals surface area (Å²) in [6.07, 6.45) is -0.595. The van der Waals surface area contributed by atoms with E-state index < -0.39 is 24.0 Å². The van der Waals surface area contributed by atoms with Crippen LogP contribution in [-0.4, -0.2) is 25.0 Å². The first-order chi connectivity index (χ1) is 12.0. The van der Waals surface area contributed by atoms with Gasteiger partial charge in [0, 0.05) is 13.5 Å². The first-order valence-electron chi connectivity index (χ1n) is 7.71. The highest BCUT2D eigenvalue weighted by molar-refractivity contribution is 5.89. The molecule has 2 aromatic carbocycles. The summed E-state index contributed by atoms with van der Waals surface area (Å²) in [5.41, 5.74) is 7.42. The molecular weight excluding hydrogens is 318 g/mol. The van der Waals surface area contributed by atoms with Crippen LogP contribution in [0.3, 0.4) is 0 Å². The summed E-state index contributed by atoms with van der Waals surface area (Å²) in [5, 5.41) is 11.5. The van der Waals surface area contributed by atoms with Gasteiger partial charge in [0.15, 0.2) is 6.10 Å². The largest absolute Gasteiger partial charge is 0.368 e. The third-order valence-corrected chi connectivity index (χ3v) is 3.76. The standard InChI is InChI=1S/C19H19N3O3/c1-25-17(15-5-3-2-4-6-15)19(24)22-16(18(21)23)11-13-7-9-14(12-20)10-8-13/h2-10,16-17H,11H2,1H3,(H2,21,23)(H,22,24)/t16-,17+/m1/s1. The third-order valence-electron chi connectivity index (χ3n) is 3.76. The predicted molar refractivity (Wildman–Crippen MR) is 92.2 cm³/mol. The Labute approximate surface area is 146 Å². The number of primary amides is 1. The summed E-state index contributed by atoms with van der Waals surface area (Å²) in [4.78, 5) is 24.2. The van der Waals surface area contributed by atoms with Gasteiger partial charge in [0.2, 0.25) is 5.91 Å². The SMILES string of the molecule is CO[C@H](C(=O)N[C@H](Cc1ccc(C#N)cc1)C(N)=O)c1ccccc1. The lowest BCUT2D eigenvalue weighted by Crippen LogP contribution is -2.47. The van der Waals surface area contributed by atoms with Crippen molar-refractivity contribution in [2.75, 3.05) is 7.11 Å². The van der Waals surface area contributed by atoms with E-state index in [9.17, 15) is 9.59 Å². The molecule has 0 aliphatic carbocycles. The lowest BCUT2D eigenvalue weighted by molar-refractivity contribution is -0.134. The van der Waals surface area contributed by atoms with Crippen molar-refractivity contribution in [2.45, 2.75) is 18.6 Å². The highest BCUT2D eigenvalue weighted by Crippen LogP contribution is 2.17. The number of nitrogens with one attached hydrogen (secondary N) is 1. The summed E-state index contributed by atoms with van der Waals surface area (Å²) >= 11 is 0. The molecule has 0 spiro atoms. The van der Waals surface area contributed by atoms with Gasteiger partial charge in [-0.05, 0) is 23.3 Å². The number of benzene rings is 2. The Kier molecular flexibility index (Phi) is 6.26. The van der Waals surface area contributed by atoms with Crippen LogP contribution >= 0.6 is 0 Å². The van der Waals surface area contributed by atoms with Crippen LogP contribution in [0.2, 0.25) is 0 Å². The van der Waals surface area contributed by atoms with E-state index in [4.69, 9.17) is 15.7 Å². The molecule has 25 heavy (non-hydrogen) atoms. The van der Waals surface area contributed by atoms with Crippen molar-refractivity contribution >= 4 is 11.8 Å². The van der Waals surface area contributed by atoms with Gasteiger partial charge in [0.05, 0.1) is 11.6 Å². The zero-order valence-electron chi connectivity index (χ0n) is 13.8. The number of amides is 2.